The van der Waals surface area contributed by atoms with Crippen molar-refractivity contribution >= 4 is 17.5 Å². The van der Waals surface area contributed by atoms with Crippen molar-refractivity contribution in [2.24, 2.45) is 0 Å². The van der Waals surface area contributed by atoms with Gasteiger partial charge in [-0.1, -0.05) is 31.5 Å². The average Bonchev–Trinajstić information content (AvgIpc) is 2.60. The van der Waals surface area contributed by atoms with E-state index in [-0.39, 0.29) is 5.91 Å². The van der Waals surface area contributed by atoms with E-state index < -0.39 is 0 Å². The van der Waals surface area contributed by atoms with Gasteiger partial charge in [-0.3, -0.25) is 4.79 Å². The maximum absolute atomic E-state index is 11.5. The van der Waals surface area contributed by atoms with Gasteiger partial charge in [0.15, 0.2) is 0 Å². The standard InChI is InChI=1S/C16H25ClN2O/c1-5-11-19(12-6-2)14-7-9-15(17)16(10-8-14)18(4)13(3)20/h7-9H,5-6,10-12H2,1-4H3. The Morgan fingerprint density at radius 2 is 1.85 bits per heavy atom. The highest BCUT2D eigenvalue weighted by atomic mass is 35.5. The van der Waals surface area contributed by atoms with Gasteiger partial charge in [-0.05, 0) is 25.0 Å². The van der Waals surface area contributed by atoms with E-state index in [2.05, 4.69) is 30.9 Å². The number of halogens is 1. The molecule has 20 heavy (non-hydrogen) atoms. The fourth-order valence-corrected chi connectivity index (χ4v) is 2.52. The number of carbonyl (C=O) groups is 1. The molecule has 112 valence electrons. The molecule has 0 spiro atoms. The molecule has 0 fully saturated rings. The van der Waals surface area contributed by atoms with Gasteiger partial charge in [0, 0.05) is 44.9 Å². The Labute approximate surface area is 127 Å². The molecule has 0 atom stereocenters. The van der Waals surface area contributed by atoms with Gasteiger partial charge < -0.3 is 9.80 Å². The lowest BCUT2D eigenvalue weighted by molar-refractivity contribution is -0.125. The minimum absolute atomic E-state index is 0.00220. The second-order valence-corrected chi connectivity index (χ2v) is 5.43. The number of carbonyl (C=O) groups excluding carboxylic acids is 1. The fourth-order valence-electron chi connectivity index (χ4n) is 2.25. The molecule has 0 N–H and O–H groups in total. The Balaban J connectivity index is 2.92. The van der Waals surface area contributed by atoms with Crippen LogP contribution in [0.5, 0.6) is 0 Å². The lowest BCUT2D eigenvalue weighted by atomic mass is 10.2. The maximum Gasteiger partial charge on any atom is 0.223 e. The summed E-state index contributed by atoms with van der Waals surface area (Å²) in [7, 11) is 1.77. The van der Waals surface area contributed by atoms with Crippen molar-refractivity contribution in [3.8, 4) is 0 Å². The average molecular weight is 297 g/mol. The van der Waals surface area contributed by atoms with Crippen LogP contribution in [0.25, 0.3) is 0 Å². The van der Waals surface area contributed by atoms with E-state index in [1.54, 1.807) is 18.9 Å². The summed E-state index contributed by atoms with van der Waals surface area (Å²) in [6.45, 7) is 8.00. The van der Waals surface area contributed by atoms with Crippen LogP contribution in [-0.2, 0) is 4.79 Å². The number of nitrogens with zero attached hydrogens (tertiary/aromatic N) is 2. The zero-order valence-electron chi connectivity index (χ0n) is 12.9. The third-order valence-corrected chi connectivity index (χ3v) is 3.75. The highest BCUT2D eigenvalue weighted by molar-refractivity contribution is 6.31. The second-order valence-electron chi connectivity index (χ2n) is 5.03. The van der Waals surface area contributed by atoms with E-state index >= 15 is 0 Å². The van der Waals surface area contributed by atoms with E-state index in [0.717, 1.165) is 31.6 Å². The van der Waals surface area contributed by atoms with Gasteiger partial charge in [0.05, 0.1) is 5.03 Å². The molecule has 0 saturated heterocycles. The van der Waals surface area contributed by atoms with Gasteiger partial charge in [0.1, 0.15) is 0 Å². The Morgan fingerprint density at radius 1 is 1.25 bits per heavy atom. The number of hydrogen-bond donors (Lipinski definition) is 0. The van der Waals surface area contributed by atoms with Gasteiger partial charge in [0.2, 0.25) is 5.91 Å². The molecule has 0 bridgehead atoms. The first-order chi connectivity index (χ1) is 9.51. The van der Waals surface area contributed by atoms with Crippen LogP contribution in [0.2, 0.25) is 0 Å². The first-order valence-corrected chi connectivity index (χ1v) is 7.65. The summed E-state index contributed by atoms with van der Waals surface area (Å²) in [5, 5.41) is 0.641. The zero-order valence-corrected chi connectivity index (χ0v) is 13.7. The summed E-state index contributed by atoms with van der Waals surface area (Å²) in [6, 6.07) is 0. The fraction of sp³-hybridized carbons (Fsp3) is 0.562. The summed E-state index contributed by atoms with van der Waals surface area (Å²) in [5.74, 6) is 0.00220. The molecular weight excluding hydrogens is 272 g/mol. The van der Waals surface area contributed by atoms with Crippen molar-refractivity contribution < 1.29 is 4.79 Å². The molecule has 0 aromatic heterocycles. The Bertz CT molecular complexity index is 432. The van der Waals surface area contributed by atoms with Crippen LogP contribution in [0.15, 0.2) is 34.7 Å². The largest absolute Gasteiger partial charge is 0.372 e. The zero-order chi connectivity index (χ0) is 15.1. The molecule has 1 rings (SSSR count). The lowest BCUT2D eigenvalue weighted by Crippen LogP contribution is -2.24. The van der Waals surface area contributed by atoms with Crippen LogP contribution in [0, 0.1) is 0 Å². The minimum Gasteiger partial charge on any atom is -0.372 e. The van der Waals surface area contributed by atoms with Crippen LogP contribution in [0.3, 0.4) is 0 Å². The monoisotopic (exact) mass is 296 g/mol. The van der Waals surface area contributed by atoms with E-state index in [4.69, 9.17) is 11.6 Å². The number of amides is 1. The van der Waals surface area contributed by atoms with Crippen LogP contribution in [-0.4, -0.2) is 35.8 Å². The molecular formula is C16H25ClN2O. The third-order valence-electron chi connectivity index (χ3n) is 3.41. The van der Waals surface area contributed by atoms with Gasteiger partial charge in [-0.25, -0.2) is 0 Å². The molecule has 3 nitrogen and oxygen atoms in total. The summed E-state index contributed by atoms with van der Waals surface area (Å²) < 4.78 is 0. The maximum atomic E-state index is 11.5. The lowest BCUT2D eigenvalue weighted by Gasteiger charge is -2.25. The third kappa shape index (κ3) is 4.41. The summed E-state index contributed by atoms with van der Waals surface area (Å²) in [4.78, 5) is 15.5. The van der Waals surface area contributed by atoms with Crippen LogP contribution >= 0.6 is 11.6 Å². The molecule has 1 aliphatic carbocycles. The Kier molecular flexibility index (Phi) is 6.86. The van der Waals surface area contributed by atoms with Crippen LogP contribution in [0.4, 0.5) is 0 Å². The molecule has 0 heterocycles. The summed E-state index contributed by atoms with van der Waals surface area (Å²) in [5.41, 5.74) is 2.05. The number of hydrogen-bond acceptors (Lipinski definition) is 2. The topological polar surface area (TPSA) is 23.6 Å². The predicted molar refractivity (Wildman–Crippen MR) is 85.3 cm³/mol. The van der Waals surface area contributed by atoms with Gasteiger partial charge in [-0.2, -0.15) is 0 Å². The van der Waals surface area contributed by atoms with Crippen molar-refractivity contribution in [2.45, 2.75) is 40.0 Å². The van der Waals surface area contributed by atoms with Crippen molar-refractivity contribution in [3.05, 3.63) is 34.7 Å². The van der Waals surface area contributed by atoms with E-state index in [1.807, 2.05) is 6.08 Å². The molecule has 1 aliphatic rings. The van der Waals surface area contributed by atoms with Crippen molar-refractivity contribution in [3.63, 3.8) is 0 Å². The summed E-state index contributed by atoms with van der Waals surface area (Å²) >= 11 is 6.30. The first-order valence-electron chi connectivity index (χ1n) is 7.27. The van der Waals surface area contributed by atoms with Crippen molar-refractivity contribution in [1.82, 2.24) is 9.80 Å². The van der Waals surface area contributed by atoms with Crippen molar-refractivity contribution in [2.75, 3.05) is 20.1 Å². The van der Waals surface area contributed by atoms with Gasteiger partial charge >= 0.3 is 0 Å². The second kappa shape index (κ2) is 8.15. The minimum atomic E-state index is 0.00220. The number of allylic oxidation sites excluding steroid dienone is 4. The van der Waals surface area contributed by atoms with E-state index in [9.17, 15) is 4.79 Å². The van der Waals surface area contributed by atoms with Crippen LogP contribution in [0.1, 0.15) is 40.0 Å². The van der Waals surface area contributed by atoms with Gasteiger partial charge in [-0.15, -0.1) is 0 Å². The molecule has 0 aromatic rings. The normalized spacial score (nSPS) is 14.9. The van der Waals surface area contributed by atoms with Gasteiger partial charge in [0.25, 0.3) is 0 Å². The molecule has 0 radical (unpaired) electrons. The highest BCUT2D eigenvalue weighted by Crippen LogP contribution is 2.24. The molecule has 4 heteroatoms. The van der Waals surface area contributed by atoms with E-state index in [0.29, 0.717) is 11.5 Å². The van der Waals surface area contributed by atoms with Crippen LogP contribution < -0.4 is 0 Å². The Hall–Kier alpha value is -1.22. The summed E-state index contributed by atoms with van der Waals surface area (Å²) in [6.07, 6.45) is 9.02. The Morgan fingerprint density at radius 3 is 2.35 bits per heavy atom. The molecule has 0 aliphatic heterocycles. The molecule has 0 saturated carbocycles. The number of rotatable bonds is 6. The molecule has 1 amide bonds. The molecule has 0 aromatic carbocycles. The van der Waals surface area contributed by atoms with E-state index in [1.165, 1.54) is 5.70 Å². The van der Waals surface area contributed by atoms with Crippen molar-refractivity contribution in [1.29, 1.82) is 0 Å². The first kappa shape index (κ1) is 16.8. The highest BCUT2D eigenvalue weighted by Gasteiger charge is 2.15. The predicted octanol–water partition coefficient (Wildman–Crippen LogP) is 3.88. The smallest absolute Gasteiger partial charge is 0.223 e. The quantitative estimate of drug-likeness (QED) is 0.742. The molecule has 0 unspecified atom stereocenters. The SMILES string of the molecule is CCCN(CCC)C1=CCC(N(C)C(C)=O)=C(Cl)C=C1.